The molecule has 0 aromatic carbocycles. The molecule has 5 heteroatoms. The summed E-state index contributed by atoms with van der Waals surface area (Å²) in [5.74, 6) is 0.212. The van der Waals surface area contributed by atoms with Crippen LogP contribution in [0.4, 0.5) is 0 Å². The van der Waals surface area contributed by atoms with Crippen LogP contribution in [0.5, 0.6) is 0 Å². The van der Waals surface area contributed by atoms with E-state index in [0.717, 1.165) is 11.3 Å². The van der Waals surface area contributed by atoms with Crippen LogP contribution in [0.3, 0.4) is 0 Å². The number of hydrogen-bond acceptors (Lipinski definition) is 4. The van der Waals surface area contributed by atoms with Crippen molar-refractivity contribution in [2.75, 3.05) is 7.11 Å². The first kappa shape index (κ1) is 11.3. The number of imidazole rings is 1. The van der Waals surface area contributed by atoms with Crippen LogP contribution in [0.2, 0.25) is 0 Å². The number of aryl methyl sites for hydroxylation is 2. The first-order chi connectivity index (χ1) is 8.13. The van der Waals surface area contributed by atoms with Gasteiger partial charge in [0.15, 0.2) is 11.5 Å². The van der Waals surface area contributed by atoms with Crippen molar-refractivity contribution < 1.29 is 9.53 Å². The monoisotopic (exact) mass is 231 g/mol. The molecule has 0 saturated heterocycles. The number of hydrogen-bond donors (Lipinski definition) is 0. The summed E-state index contributed by atoms with van der Waals surface area (Å²) in [5.41, 5.74) is 2.07. The van der Waals surface area contributed by atoms with Crippen LogP contribution < -0.4 is 0 Å². The van der Waals surface area contributed by atoms with Crippen molar-refractivity contribution in [3.8, 4) is 11.5 Å². The van der Waals surface area contributed by atoms with Crippen LogP contribution in [-0.2, 0) is 11.8 Å². The van der Waals surface area contributed by atoms with Crippen molar-refractivity contribution in [3.63, 3.8) is 0 Å². The summed E-state index contributed by atoms with van der Waals surface area (Å²) in [4.78, 5) is 19.9. The lowest BCUT2D eigenvalue weighted by atomic mass is 10.2. The molecule has 0 fully saturated rings. The zero-order chi connectivity index (χ0) is 12.4. The third kappa shape index (κ3) is 2.04. The van der Waals surface area contributed by atoms with Gasteiger partial charge in [0, 0.05) is 19.4 Å². The number of ether oxygens (including phenoxy) is 1. The lowest BCUT2D eigenvalue weighted by Gasteiger charge is -2.03. The molecule has 5 nitrogen and oxygen atoms in total. The maximum Gasteiger partial charge on any atom is 0.358 e. The molecule has 0 aliphatic rings. The number of esters is 1. The van der Waals surface area contributed by atoms with E-state index in [4.69, 9.17) is 0 Å². The summed E-state index contributed by atoms with van der Waals surface area (Å²) in [6, 6.07) is 3.82. The third-order valence-electron chi connectivity index (χ3n) is 2.49. The van der Waals surface area contributed by atoms with E-state index in [9.17, 15) is 4.79 Å². The van der Waals surface area contributed by atoms with Gasteiger partial charge in [-0.3, -0.25) is 4.98 Å². The van der Waals surface area contributed by atoms with Gasteiger partial charge in [-0.25, -0.2) is 9.78 Å². The van der Waals surface area contributed by atoms with Crippen molar-refractivity contribution in [3.05, 3.63) is 35.8 Å². The highest BCUT2D eigenvalue weighted by Crippen LogP contribution is 2.19. The summed E-state index contributed by atoms with van der Waals surface area (Å²) in [5, 5.41) is 0. The van der Waals surface area contributed by atoms with E-state index < -0.39 is 5.97 Å². The second-order valence-electron chi connectivity index (χ2n) is 3.72. The second kappa shape index (κ2) is 4.37. The van der Waals surface area contributed by atoms with E-state index in [1.54, 1.807) is 17.0 Å². The highest BCUT2D eigenvalue weighted by atomic mass is 16.5. The fourth-order valence-corrected chi connectivity index (χ4v) is 1.61. The van der Waals surface area contributed by atoms with Crippen molar-refractivity contribution in [2.24, 2.45) is 7.05 Å². The number of carbonyl (C=O) groups is 1. The van der Waals surface area contributed by atoms with Gasteiger partial charge < -0.3 is 9.30 Å². The van der Waals surface area contributed by atoms with Gasteiger partial charge in [0.1, 0.15) is 5.69 Å². The molecular weight excluding hydrogens is 218 g/mol. The molecule has 0 atom stereocenters. The minimum Gasteiger partial charge on any atom is -0.464 e. The molecule has 0 aliphatic carbocycles. The summed E-state index contributed by atoms with van der Waals surface area (Å²) >= 11 is 0. The second-order valence-corrected chi connectivity index (χ2v) is 3.72. The molecule has 2 aromatic heterocycles. The van der Waals surface area contributed by atoms with E-state index in [2.05, 4.69) is 14.7 Å². The summed E-state index contributed by atoms with van der Waals surface area (Å²) in [6.07, 6.45) is 3.34. The third-order valence-corrected chi connectivity index (χ3v) is 2.49. The number of carbonyl (C=O) groups excluding carboxylic acids is 1. The maximum absolute atomic E-state index is 11.4. The minimum absolute atomic E-state index is 0.287. The Kier molecular flexibility index (Phi) is 2.91. The van der Waals surface area contributed by atoms with Crippen LogP contribution in [0.1, 0.15) is 16.1 Å². The SMILES string of the molecule is COC(=O)c1cn(C)c(-c2ncccc2C)n1. The maximum atomic E-state index is 11.4. The van der Waals surface area contributed by atoms with Gasteiger partial charge in [0.2, 0.25) is 0 Å². The van der Waals surface area contributed by atoms with E-state index in [1.807, 2.05) is 26.1 Å². The summed E-state index contributed by atoms with van der Waals surface area (Å²) in [7, 11) is 3.16. The number of methoxy groups -OCH3 is 1. The molecular formula is C12H13N3O2. The predicted molar refractivity (Wildman–Crippen MR) is 62.5 cm³/mol. The first-order valence-electron chi connectivity index (χ1n) is 5.17. The van der Waals surface area contributed by atoms with Crippen molar-refractivity contribution >= 4 is 5.97 Å². The van der Waals surface area contributed by atoms with Crippen LogP contribution in [0.15, 0.2) is 24.5 Å². The molecule has 2 aromatic rings. The van der Waals surface area contributed by atoms with E-state index in [-0.39, 0.29) is 5.69 Å². The molecule has 2 rings (SSSR count). The molecule has 0 N–H and O–H groups in total. The smallest absolute Gasteiger partial charge is 0.358 e. The van der Waals surface area contributed by atoms with Gasteiger partial charge in [0.25, 0.3) is 0 Å². The molecule has 0 radical (unpaired) electrons. The minimum atomic E-state index is -0.444. The van der Waals surface area contributed by atoms with Crippen LogP contribution in [0.25, 0.3) is 11.5 Å². The number of nitrogens with zero attached hydrogens (tertiary/aromatic N) is 3. The Morgan fingerprint density at radius 2 is 2.24 bits per heavy atom. The predicted octanol–water partition coefficient (Wildman–Crippen LogP) is 1.58. The van der Waals surface area contributed by atoms with Gasteiger partial charge in [0.05, 0.1) is 7.11 Å². The molecule has 0 unspecified atom stereocenters. The zero-order valence-corrected chi connectivity index (χ0v) is 9.97. The van der Waals surface area contributed by atoms with E-state index in [1.165, 1.54) is 7.11 Å². The fourth-order valence-electron chi connectivity index (χ4n) is 1.61. The summed E-state index contributed by atoms with van der Waals surface area (Å²) in [6.45, 7) is 1.95. The molecule has 0 amide bonds. The summed E-state index contributed by atoms with van der Waals surface area (Å²) < 4.78 is 6.40. The molecule has 0 saturated carbocycles. The van der Waals surface area contributed by atoms with Gasteiger partial charge in [-0.05, 0) is 18.6 Å². The topological polar surface area (TPSA) is 57.0 Å². The number of rotatable bonds is 2. The standard InChI is InChI=1S/C12H13N3O2/c1-8-5-4-6-13-10(8)11-14-9(7-15(11)2)12(16)17-3/h4-7H,1-3H3. The molecule has 0 aliphatic heterocycles. The molecule has 0 bridgehead atoms. The molecule has 88 valence electrons. The van der Waals surface area contributed by atoms with Gasteiger partial charge in [-0.2, -0.15) is 0 Å². The van der Waals surface area contributed by atoms with E-state index >= 15 is 0 Å². The normalized spacial score (nSPS) is 10.3. The Morgan fingerprint density at radius 1 is 1.47 bits per heavy atom. The molecule has 0 spiro atoms. The molecule has 17 heavy (non-hydrogen) atoms. The lowest BCUT2D eigenvalue weighted by Crippen LogP contribution is -2.01. The van der Waals surface area contributed by atoms with Crippen LogP contribution >= 0.6 is 0 Å². The Morgan fingerprint density at radius 3 is 2.88 bits per heavy atom. The van der Waals surface area contributed by atoms with Crippen LogP contribution in [0, 0.1) is 6.92 Å². The van der Waals surface area contributed by atoms with Gasteiger partial charge >= 0.3 is 5.97 Å². The van der Waals surface area contributed by atoms with Crippen molar-refractivity contribution in [1.29, 1.82) is 0 Å². The van der Waals surface area contributed by atoms with Gasteiger partial charge in [-0.15, -0.1) is 0 Å². The van der Waals surface area contributed by atoms with Crippen molar-refractivity contribution in [2.45, 2.75) is 6.92 Å². The first-order valence-corrected chi connectivity index (χ1v) is 5.17. The van der Waals surface area contributed by atoms with Crippen LogP contribution in [-0.4, -0.2) is 27.6 Å². The largest absolute Gasteiger partial charge is 0.464 e. The zero-order valence-electron chi connectivity index (χ0n) is 9.97. The average Bonchev–Trinajstić information content (AvgIpc) is 2.71. The average molecular weight is 231 g/mol. The molecule has 2 heterocycles. The Labute approximate surface area is 99.1 Å². The Balaban J connectivity index is 2.50. The van der Waals surface area contributed by atoms with Gasteiger partial charge in [-0.1, -0.05) is 6.07 Å². The number of aromatic nitrogens is 3. The lowest BCUT2D eigenvalue weighted by molar-refractivity contribution is 0.0594. The highest BCUT2D eigenvalue weighted by Gasteiger charge is 2.15. The fraction of sp³-hybridized carbons (Fsp3) is 0.250. The number of pyridine rings is 1. The Hall–Kier alpha value is -2.17. The van der Waals surface area contributed by atoms with E-state index in [0.29, 0.717) is 5.82 Å². The Bertz CT molecular complexity index is 561. The highest BCUT2D eigenvalue weighted by molar-refractivity contribution is 5.87. The quantitative estimate of drug-likeness (QED) is 0.736. The van der Waals surface area contributed by atoms with Crippen molar-refractivity contribution in [1.82, 2.24) is 14.5 Å².